The van der Waals surface area contributed by atoms with Crippen LogP contribution >= 0.6 is 0 Å². The molecule has 1 amide bonds. The van der Waals surface area contributed by atoms with Gasteiger partial charge in [0.1, 0.15) is 11.4 Å². The van der Waals surface area contributed by atoms with Crippen LogP contribution in [0.5, 0.6) is 5.75 Å². The van der Waals surface area contributed by atoms with Crippen LogP contribution in [-0.2, 0) is 11.3 Å². The van der Waals surface area contributed by atoms with Crippen LogP contribution in [0.15, 0.2) is 77.6 Å². The molecule has 8 nitrogen and oxygen atoms in total. The number of fused-ring (bicyclic) bond motifs is 1. The molecular weight excluding hydrogens is 468 g/mol. The molecule has 1 N–H and O–H groups in total. The third-order valence-electron chi connectivity index (χ3n) is 6.00. The number of aromatic nitrogens is 2. The number of ether oxygens (including phenoxy) is 2. The van der Waals surface area contributed by atoms with E-state index in [4.69, 9.17) is 14.6 Å². The second-order valence-electron chi connectivity index (χ2n) is 9.03. The van der Waals surface area contributed by atoms with Crippen molar-refractivity contribution in [3.63, 3.8) is 0 Å². The quantitative estimate of drug-likeness (QED) is 0.308. The van der Waals surface area contributed by atoms with E-state index in [1.807, 2.05) is 74.8 Å². The molecule has 192 valence electrons. The van der Waals surface area contributed by atoms with Crippen molar-refractivity contribution in [2.75, 3.05) is 39.7 Å². The average molecular weight is 501 g/mol. The van der Waals surface area contributed by atoms with Crippen molar-refractivity contribution >= 4 is 22.6 Å². The minimum atomic E-state index is -0.480. The molecule has 1 heterocycles. The normalized spacial score (nSPS) is 11.0. The summed E-state index contributed by atoms with van der Waals surface area (Å²) in [5, 5.41) is 8.84. The standard InChI is InChI=1S/C29H32N4O4/c1-32(2)18-8-9-19-37-29(35)30-22-16-14-21(15-17-22)20-33-28(34)24-11-5-4-10-23(24)27(31-33)25-12-6-7-13-26(25)36-3/h4-7,10-17H,8-9,18-20H2,1-3H3,(H,30,35). The summed E-state index contributed by atoms with van der Waals surface area (Å²) >= 11 is 0. The van der Waals surface area contributed by atoms with Gasteiger partial charge in [-0.3, -0.25) is 10.1 Å². The summed E-state index contributed by atoms with van der Waals surface area (Å²) in [5.74, 6) is 0.686. The van der Waals surface area contributed by atoms with E-state index in [0.717, 1.165) is 35.9 Å². The molecule has 0 saturated heterocycles. The zero-order valence-electron chi connectivity index (χ0n) is 21.4. The Morgan fingerprint density at radius 3 is 2.38 bits per heavy atom. The lowest BCUT2D eigenvalue weighted by Gasteiger charge is -2.14. The highest BCUT2D eigenvalue weighted by Gasteiger charge is 2.15. The van der Waals surface area contributed by atoms with Crippen molar-refractivity contribution in [2.24, 2.45) is 0 Å². The van der Waals surface area contributed by atoms with Crippen LogP contribution in [0.3, 0.4) is 0 Å². The fourth-order valence-corrected chi connectivity index (χ4v) is 4.10. The number of hydrogen-bond acceptors (Lipinski definition) is 6. The smallest absolute Gasteiger partial charge is 0.411 e. The van der Waals surface area contributed by atoms with E-state index in [1.165, 1.54) is 4.68 Å². The Labute approximate surface area is 216 Å². The van der Waals surface area contributed by atoms with Gasteiger partial charge in [0.15, 0.2) is 0 Å². The topological polar surface area (TPSA) is 85.7 Å². The van der Waals surface area contributed by atoms with Crippen LogP contribution in [-0.4, -0.2) is 55.1 Å². The largest absolute Gasteiger partial charge is 0.496 e. The second kappa shape index (κ2) is 12.2. The van der Waals surface area contributed by atoms with Gasteiger partial charge in [-0.25, -0.2) is 9.48 Å². The van der Waals surface area contributed by atoms with Crippen LogP contribution in [0.1, 0.15) is 18.4 Å². The van der Waals surface area contributed by atoms with Gasteiger partial charge in [-0.15, -0.1) is 0 Å². The third kappa shape index (κ3) is 6.54. The molecule has 0 saturated carbocycles. The van der Waals surface area contributed by atoms with Crippen LogP contribution in [0.2, 0.25) is 0 Å². The lowest BCUT2D eigenvalue weighted by molar-refractivity contribution is 0.158. The van der Waals surface area contributed by atoms with Crippen molar-refractivity contribution in [1.82, 2.24) is 14.7 Å². The number of benzene rings is 3. The Morgan fingerprint density at radius 2 is 1.65 bits per heavy atom. The van der Waals surface area contributed by atoms with Gasteiger partial charge in [-0.05, 0) is 69.4 Å². The monoisotopic (exact) mass is 500 g/mol. The van der Waals surface area contributed by atoms with Crippen molar-refractivity contribution in [3.05, 3.63) is 88.7 Å². The van der Waals surface area contributed by atoms with Crippen molar-refractivity contribution in [2.45, 2.75) is 19.4 Å². The molecule has 0 spiro atoms. The van der Waals surface area contributed by atoms with Gasteiger partial charge < -0.3 is 14.4 Å². The zero-order valence-corrected chi connectivity index (χ0v) is 21.4. The van der Waals surface area contributed by atoms with Gasteiger partial charge in [0.2, 0.25) is 0 Å². The van der Waals surface area contributed by atoms with Crippen molar-refractivity contribution in [1.29, 1.82) is 0 Å². The van der Waals surface area contributed by atoms with Gasteiger partial charge in [0.25, 0.3) is 5.56 Å². The third-order valence-corrected chi connectivity index (χ3v) is 6.00. The zero-order chi connectivity index (χ0) is 26.2. The Morgan fingerprint density at radius 1 is 0.946 bits per heavy atom. The molecule has 0 atom stereocenters. The summed E-state index contributed by atoms with van der Waals surface area (Å²) in [4.78, 5) is 27.4. The number of nitrogens with zero attached hydrogens (tertiary/aromatic N) is 3. The van der Waals surface area contributed by atoms with Crippen molar-refractivity contribution in [3.8, 4) is 17.0 Å². The summed E-state index contributed by atoms with van der Waals surface area (Å²) in [6.45, 7) is 1.62. The maximum atomic E-state index is 13.3. The molecule has 4 aromatic rings. The summed E-state index contributed by atoms with van der Waals surface area (Å²) in [6, 6.07) is 22.4. The molecule has 0 aliphatic carbocycles. The number of carbonyl (C=O) groups excluding carboxylic acids is 1. The van der Waals surface area contributed by atoms with Gasteiger partial charge in [-0.1, -0.05) is 42.5 Å². The average Bonchev–Trinajstić information content (AvgIpc) is 2.91. The second-order valence-corrected chi connectivity index (χ2v) is 9.03. The minimum absolute atomic E-state index is 0.172. The Bertz CT molecular complexity index is 1410. The Kier molecular flexibility index (Phi) is 8.53. The van der Waals surface area contributed by atoms with Gasteiger partial charge >= 0.3 is 6.09 Å². The maximum absolute atomic E-state index is 13.3. The lowest BCUT2D eigenvalue weighted by atomic mass is 10.0. The summed E-state index contributed by atoms with van der Waals surface area (Å²) in [5.41, 5.74) is 2.82. The molecule has 0 unspecified atom stereocenters. The SMILES string of the molecule is COc1ccccc1-c1nn(Cc2ccc(NC(=O)OCCCCN(C)C)cc2)c(=O)c2ccccc12. The van der Waals surface area contributed by atoms with Gasteiger partial charge in [0.05, 0.1) is 25.6 Å². The number of para-hydroxylation sites is 1. The highest BCUT2D eigenvalue weighted by molar-refractivity contribution is 5.95. The number of nitrogens with one attached hydrogen (secondary N) is 1. The van der Waals surface area contributed by atoms with Gasteiger partial charge in [-0.2, -0.15) is 5.10 Å². The molecule has 3 aromatic carbocycles. The summed E-state index contributed by atoms with van der Waals surface area (Å²) in [6.07, 6.45) is 1.30. The number of amides is 1. The molecule has 4 rings (SSSR count). The molecule has 0 aliphatic rings. The van der Waals surface area contributed by atoms with Crippen LogP contribution in [0, 0.1) is 0 Å². The molecule has 37 heavy (non-hydrogen) atoms. The minimum Gasteiger partial charge on any atom is -0.496 e. The number of hydrogen-bond donors (Lipinski definition) is 1. The van der Waals surface area contributed by atoms with Crippen LogP contribution < -0.4 is 15.6 Å². The van der Waals surface area contributed by atoms with Crippen molar-refractivity contribution < 1.29 is 14.3 Å². The van der Waals surface area contributed by atoms with Gasteiger partial charge in [0, 0.05) is 16.6 Å². The molecule has 8 heteroatoms. The van der Waals surface area contributed by atoms with E-state index in [1.54, 1.807) is 19.2 Å². The maximum Gasteiger partial charge on any atom is 0.411 e. The van der Waals surface area contributed by atoms with Crippen LogP contribution in [0.25, 0.3) is 22.0 Å². The van der Waals surface area contributed by atoms with E-state index in [2.05, 4.69) is 10.2 Å². The molecule has 1 aromatic heterocycles. The first-order valence-corrected chi connectivity index (χ1v) is 12.3. The predicted molar refractivity (Wildman–Crippen MR) is 146 cm³/mol. The van der Waals surface area contributed by atoms with E-state index < -0.39 is 6.09 Å². The first kappa shape index (κ1) is 25.9. The molecule has 0 radical (unpaired) electrons. The van der Waals surface area contributed by atoms with E-state index in [9.17, 15) is 9.59 Å². The first-order chi connectivity index (χ1) is 18.0. The highest BCUT2D eigenvalue weighted by atomic mass is 16.5. The fraction of sp³-hybridized carbons (Fsp3) is 0.276. The highest BCUT2D eigenvalue weighted by Crippen LogP contribution is 2.32. The number of carbonyl (C=O) groups is 1. The van der Waals surface area contributed by atoms with E-state index >= 15 is 0 Å². The lowest BCUT2D eigenvalue weighted by Crippen LogP contribution is -2.24. The first-order valence-electron chi connectivity index (χ1n) is 12.3. The number of methoxy groups -OCH3 is 1. The number of unbranched alkanes of at least 4 members (excludes halogenated alkanes) is 1. The van der Waals surface area contributed by atoms with E-state index in [-0.39, 0.29) is 12.1 Å². The number of rotatable bonds is 10. The molecule has 0 bridgehead atoms. The molecule has 0 aliphatic heterocycles. The Hall–Kier alpha value is -4.17. The fourth-order valence-electron chi connectivity index (χ4n) is 4.10. The summed E-state index contributed by atoms with van der Waals surface area (Å²) in [7, 11) is 5.65. The molecular formula is C29H32N4O4. The molecule has 0 fully saturated rings. The van der Waals surface area contributed by atoms with E-state index in [0.29, 0.717) is 29.1 Å². The van der Waals surface area contributed by atoms with Crippen LogP contribution in [0.4, 0.5) is 10.5 Å². The summed E-state index contributed by atoms with van der Waals surface area (Å²) < 4.78 is 12.3. The number of anilines is 1. The Balaban J connectivity index is 1.50. The predicted octanol–water partition coefficient (Wildman–Crippen LogP) is 5.01.